The Hall–Kier alpha value is -3.25. The van der Waals surface area contributed by atoms with E-state index in [1.54, 1.807) is 16.9 Å². The van der Waals surface area contributed by atoms with E-state index in [0.717, 1.165) is 17.0 Å². The third kappa shape index (κ3) is 4.30. The molecular weight excluding hydrogens is 362 g/mol. The van der Waals surface area contributed by atoms with E-state index in [-0.39, 0.29) is 6.01 Å². The van der Waals surface area contributed by atoms with Gasteiger partial charge in [0.2, 0.25) is 0 Å². The molecule has 0 aliphatic carbocycles. The number of hydrogen-bond acceptors (Lipinski definition) is 5. The predicted molar refractivity (Wildman–Crippen MR) is 103 cm³/mol. The number of halogens is 1. The molecule has 0 fully saturated rings. The maximum atomic E-state index is 6.14. The van der Waals surface area contributed by atoms with Crippen LogP contribution < -0.4 is 4.74 Å². The van der Waals surface area contributed by atoms with Gasteiger partial charge in [0.1, 0.15) is 5.15 Å². The Bertz CT molecular complexity index is 1020. The molecule has 4 rings (SSSR count). The molecule has 3 aromatic heterocycles. The van der Waals surface area contributed by atoms with E-state index in [1.807, 2.05) is 60.8 Å². The lowest BCUT2D eigenvalue weighted by molar-refractivity contribution is 0.294. The van der Waals surface area contributed by atoms with Crippen molar-refractivity contribution in [3.8, 4) is 23.1 Å². The molecule has 0 N–H and O–H groups in total. The highest BCUT2D eigenvalue weighted by atomic mass is 35.5. The molecule has 0 saturated heterocycles. The number of ether oxygens (including phenoxy) is 1. The summed E-state index contributed by atoms with van der Waals surface area (Å²) in [6.07, 6.45) is 4.25. The first kappa shape index (κ1) is 17.2. The standard InChI is InChI=1S/C20H16ClN5O/c21-18-14-19(26-12-9-17(25-26)15-6-2-1-3-7-15)24-20(23-18)27-13-10-16-8-4-5-11-22-16/h1-9,11-12,14H,10,13H2. The van der Waals surface area contributed by atoms with Crippen LogP contribution in [0.4, 0.5) is 0 Å². The van der Waals surface area contributed by atoms with Crippen LogP contribution in [0.5, 0.6) is 6.01 Å². The highest BCUT2D eigenvalue weighted by molar-refractivity contribution is 6.29. The lowest BCUT2D eigenvalue weighted by atomic mass is 10.2. The van der Waals surface area contributed by atoms with Crippen molar-refractivity contribution >= 4 is 11.6 Å². The summed E-state index contributed by atoms with van der Waals surface area (Å²) in [5.41, 5.74) is 2.82. The van der Waals surface area contributed by atoms with Crippen LogP contribution in [0, 0.1) is 0 Å². The fourth-order valence-corrected chi connectivity index (χ4v) is 2.74. The number of hydrogen-bond donors (Lipinski definition) is 0. The van der Waals surface area contributed by atoms with Crippen LogP contribution in [0.3, 0.4) is 0 Å². The number of rotatable bonds is 6. The maximum Gasteiger partial charge on any atom is 0.319 e. The van der Waals surface area contributed by atoms with Crippen molar-refractivity contribution < 1.29 is 4.74 Å². The molecule has 134 valence electrons. The number of aromatic nitrogens is 5. The van der Waals surface area contributed by atoms with E-state index < -0.39 is 0 Å². The summed E-state index contributed by atoms with van der Waals surface area (Å²) in [4.78, 5) is 12.8. The SMILES string of the molecule is Clc1cc(-n2ccc(-c3ccccc3)n2)nc(OCCc2ccccn2)n1. The minimum Gasteiger partial charge on any atom is -0.463 e. The lowest BCUT2D eigenvalue weighted by Gasteiger charge is -2.07. The van der Waals surface area contributed by atoms with Gasteiger partial charge in [-0.15, -0.1) is 0 Å². The molecule has 6 nitrogen and oxygen atoms in total. The monoisotopic (exact) mass is 377 g/mol. The van der Waals surface area contributed by atoms with Crippen LogP contribution in [0.2, 0.25) is 5.15 Å². The fraction of sp³-hybridized carbons (Fsp3) is 0.100. The minimum atomic E-state index is 0.213. The molecule has 7 heteroatoms. The van der Waals surface area contributed by atoms with Crippen molar-refractivity contribution in [2.24, 2.45) is 0 Å². The largest absolute Gasteiger partial charge is 0.463 e. The summed E-state index contributed by atoms with van der Waals surface area (Å²) in [6.45, 7) is 0.408. The van der Waals surface area contributed by atoms with Gasteiger partial charge in [-0.1, -0.05) is 48.0 Å². The Morgan fingerprint density at radius 2 is 1.81 bits per heavy atom. The fourth-order valence-electron chi connectivity index (χ4n) is 2.57. The van der Waals surface area contributed by atoms with Gasteiger partial charge in [-0.25, -0.2) is 4.68 Å². The molecule has 0 bridgehead atoms. The van der Waals surface area contributed by atoms with Gasteiger partial charge in [0.15, 0.2) is 5.82 Å². The maximum absolute atomic E-state index is 6.14. The minimum absolute atomic E-state index is 0.213. The van der Waals surface area contributed by atoms with Gasteiger partial charge in [0.25, 0.3) is 0 Å². The smallest absolute Gasteiger partial charge is 0.319 e. The third-order valence-corrected chi connectivity index (χ3v) is 4.06. The van der Waals surface area contributed by atoms with E-state index in [0.29, 0.717) is 24.0 Å². The average Bonchev–Trinajstić information content (AvgIpc) is 3.20. The van der Waals surface area contributed by atoms with Gasteiger partial charge in [0, 0.05) is 36.1 Å². The van der Waals surface area contributed by atoms with Crippen LogP contribution in [0.25, 0.3) is 17.1 Å². The van der Waals surface area contributed by atoms with E-state index in [2.05, 4.69) is 20.1 Å². The molecule has 0 spiro atoms. The highest BCUT2D eigenvalue weighted by Gasteiger charge is 2.09. The van der Waals surface area contributed by atoms with Gasteiger partial charge in [-0.3, -0.25) is 4.98 Å². The first-order chi connectivity index (χ1) is 13.3. The van der Waals surface area contributed by atoms with Gasteiger partial charge in [-0.05, 0) is 18.2 Å². The summed E-state index contributed by atoms with van der Waals surface area (Å²) in [6, 6.07) is 19.5. The number of pyridine rings is 1. The van der Waals surface area contributed by atoms with Crippen molar-refractivity contribution in [3.63, 3.8) is 0 Å². The Kier molecular flexibility index (Phi) is 5.07. The van der Waals surface area contributed by atoms with E-state index in [1.165, 1.54) is 0 Å². The summed E-state index contributed by atoms with van der Waals surface area (Å²) in [5.74, 6) is 0.546. The molecule has 0 atom stereocenters. The van der Waals surface area contributed by atoms with Crippen molar-refractivity contribution in [1.29, 1.82) is 0 Å². The van der Waals surface area contributed by atoms with Gasteiger partial charge < -0.3 is 4.74 Å². The van der Waals surface area contributed by atoms with E-state index in [9.17, 15) is 0 Å². The second kappa shape index (κ2) is 7.97. The Morgan fingerprint density at radius 1 is 0.963 bits per heavy atom. The van der Waals surface area contributed by atoms with Crippen LogP contribution in [0.1, 0.15) is 5.69 Å². The zero-order valence-corrected chi connectivity index (χ0v) is 15.1. The molecule has 0 aliphatic heterocycles. The van der Waals surface area contributed by atoms with Crippen molar-refractivity contribution in [2.75, 3.05) is 6.61 Å². The van der Waals surface area contributed by atoms with E-state index >= 15 is 0 Å². The van der Waals surface area contributed by atoms with Crippen molar-refractivity contribution in [2.45, 2.75) is 6.42 Å². The Balaban J connectivity index is 1.50. The Morgan fingerprint density at radius 3 is 2.63 bits per heavy atom. The second-order valence-electron chi connectivity index (χ2n) is 5.76. The summed E-state index contributed by atoms with van der Waals surface area (Å²) < 4.78 is 7.31. The number of nitrogens with zero attached hydrogens (tertiary/aromatic N) is 5. The topological polar surface area (TPSA) is 65.7 Å². The van der Waals surface area contributed by atoms with Crippen molar-refractivity contribution in [1.82, 2.24) is 24.7 Å². The van der Waals surface area contributed by atoms with Crippen LogP contribution in [0.15, 0.2) is 73.1 Å². The number of benzene rings is 1. The lowest BCUT2D eigenvalue weighted by Crippen LogP contribution is -2.07. The van der Waals surface area contributed by atoms with Crippen molar-refractivity contribution in [3.05, 3.63) is 83.9 Å². The quantitative estimate of drug-likeness (QED) is 0.475. The average molecular weight is 378 g/mol. The normalized spacial score (nSPS) is 10.7. The summed E-state index contributed by atoms with van der Waals surface area (Å²) in [5, 5.41) is 4.86. The summed E-state index contributed by atoms with van der Waals surface area (Å²) in [7, 11) is 0. The molecule has 3 heterocycles. The van der Waals surface area contributed by atoms with Gasteiger partial charge in [-0.2, -0.15) is 15.1 Å². The molecule has 0 amide bonds. The second-order valence-corrected chi connectivity index (χ2v) is 6.15. The zero-order valence-electron chi connectivity index (χ0n) is 14.4. The molecule has 27 heavy (non-hydrogen) atoms. The molecule has 4 aromatic rings. The Labute approximate surface area is 161 Å². The predicted octanol–water partition coefficient (Wildman–Crippen LogP) is 4.00. The molecule has 0 aliphatic rings. The van der Waals surface area contributed by atoms with Crippen LogP contribution >= 0.6 is 11.6 Å². The molecule has 0 saturated carbocycles. The highest BCUT2D eigenvalue weighted by Crippen LogP contribution is 2.19. The van der Waals surface area contributed by atoms with Gasteiger partial charge >= 0.3 is 6.01 Å². The zero-order chi connectivity index (χ0) is 18.5. The van der Waals surface area contributed by atoms with Crippen LogP contribution in [-0.4, -0.2) is 31.3 Å². The van der Waals surface area contributed by atoms with E-state index in [4.69, 9.17) is 16.3 Å². The first-order valence-corrected chi connectivity index (χ1v) is 8.84. The third-order valence-electron chi connectivity index (χ3n) is 3.87. The molecule has 1 aromatic carbocycles. The van der Waals surface area contributed by atoms with Crippen LogP contribution in [-0.2, 0) is 6.42 Å². The van der Waals surface area contributed by atoms with Gasteiger partial charge in [0.05, 0.1) is 12.3 Å². The molecular formula is C20H16ClN5O. The first-order valence-electron chi connectivity index (χ1n) is 8.47. The molecule has 0 unspecified atom stereocenters. The summed E-state index contributed by atoms with van der Waals surface area (Å²) >= 11 is 6.14. The molecule has 0 radical (unpaired) electrons.